The minimum atomic E-state index is 0.867. The third-order valence-electron chi connectivity index (χ3n) is 2.46. The summed E-state index contributed by atoms with van der Waals surface area (Å²) in [6.45, 7) is 16.7. The van der Waals surface area contributed by atoms with Crippen LogP contribution >= 0.6 is 0 Å². The van der Waals surface area contributed by atoms with Gasteiger partial charge in [0.25, 0.3) is 0 Å². The van der Waals surface area contributed by atoms with E-state index in [0.29, 0.717) is 0 Å². The van der Waals surface area contributed by atoms with Crippen molar-refractivity contribution in [3.63, 3.8) is 0 Å². The maximum atomic E-state index is 4.03. The van der Waals surface area contributed by atoms with Crippen molar-refractivity contribution in [2.75, 3.05) is 13.6 Å². The van der Waals surface area contributed by atoms with Crippen LogP contribution in [0.15, 0.2) is 60.9 Å². The maximum Gasteiger partial charge on any atom is 0.0143 e. The standard InChI is InChI=1S/C15H23N/c1-7-10-15(13(3)4)12-9-11-14(5)16(6)8-2/h7,9-10,12H,1,3,5,8,11H2,2,4,6H3/b12-9-,15-10+. The summed E-state index contributed by atoms with van der Waals surface area (Å²) in [4.78, 5) is 2.14. The van der Waals surface area contributed by atoms with Crippen LogP contribution in [0.5, 0.6) is 0 Å². The van der Waals surface area contributed by atoms with E-state index in [1.54, 1.807) is 6.08 Å². The van der Waals surface area contributed by atoms with Gasteiger partial charge < -0.3 is 4.90 Å². The fourth-order valence-electron chi connectivity index (χ4n) is 1.17. The molecule has 0 atom stereocenters. The van der Waals surface area contributed by atoms with Crippen molar-refractivity contribution >= 4 is 0 Å². The van der Waals surface area contributed by atoms with Crippen LogP contribution in [0.4, 0.5) is 0 Å². The van der Waals surface area contributed by atoms with Gasteiger partial charge in [0.1, 0.15) is 0 Å². The molecule has 0 unspecified atom stereocenters. The van der Waals surface area contributed by atoms with E-state index in [1.165, 1.54) is 0 Å². The summed E-state index contributed by atoms with van der Waals surface area (Å²) in [5.74, 6) is 0. The average Bonchev–Trinajstić information content (AvgIpc) is 2.26. The summed E-state index contributed by atoms with van der Waals surface area (Å²) in [5, 5.41) is 0. The molecular weight excluding hydrogens is 194 g/mol. The van der Waals surface area contributed by atoms with Crippen molar-refractivity contribution in [1.29, 1.82) is 0 Å². The lowest BCUT2D eigenvalue weighted by Gasteiger charge is -2.18. The highest BCUT2D eigenvalue weighted by Crippen LogP contribution is 2.11. The monoisotopic (exact) mass is 217 g/mol. The zero-order valence-electron chi connectivity index (χ0n) is 10.8. The molecule has 0 aliphatic heterocycles. The highest BCUT2D eigenvalue weighted by molar-refractivity contribution is 5.38. The van der Waals surface area contributed by atoms with Gasteiger partial charge in [-0.05, 0) is 19.4 Å². The van der Waals surface area contributed by atoms with E-state index < -0.39 is 0 Å². The Bertz CT molecular complexity index is 318. The van der Waals surface area contributed by atoms with Gasteiger partial charge >= 0.3 is 0 Å². The summed E-state index contributed by atoms with van der Waals surface area (Å²) >= 11 is 0. The van der Waals surface area contributed by atoms with Gasteiger partial charge in [0.05, 0.1) is 0 Å². The van der Waals surface area contributed by atoms with Crippen LogP contribution in [0.2, 0.25) is 0 Å². The van der Waals surface area contributed by atoms with Crippen molar-refractivity contribution in [2.24, 2.45) is 0 Å². The number of nitrogens with zero attached hydrogens (tertiary/aromatic N) is 1. The molecule has 0 bridgehead atoms. The fraction of sp³-hybridized carbons (Fsp3) is 0.333. The van der Waals surface area contributed by atoms with Crippen molar-refractivity contribution in [3.05, 3.63) is 60.9 Å². The second-order valence-electron chi connectivity index (χ2n) is 3.82. The number of allylic oxidation sites excluding steroid dienone is 6. The molecule has 1 nitrogen and oxygen atoms in total. The number of hydrogen-bond acceptors (Lipinski definition) is 1. The van der Waals surface area contributed by atoms with Crippen molar-refractivity contribution in [1.82, 2.24) is 4.90 Å². The lowest BCUT2D eigenvalue weighted by molar-refractivity contribution is 0.435. The highest BCUT2D eigenvalue weighted by atomic mass is 15.1. The van der Waals surface area contributed by atoms with Crippen molar-refractivity contribution in [2.45, 2.75) is 20.3 Å². The molecule has 0 aliphatic carbocycles. The summed E-state index contributed by atoms with van der Waals surface area (Å²) in [7, 11) is 2.05. The van der Waals surface area contributed by atoms with Crippen LogP contribution in [-0.2, 0) is 0 Å². The molecule has 0 saturated heterocycles. The smallest absolute Gasteiger partial charge is 0.0143 e. The Hall–Kier alpha value is -1.50. The predicted octanol–water partition coefficient (Wildman–Crippen LogP) is 4.09. The first kappa shape index (κ1) is 14.5. The van der Waals surface area contributed by atoms with Gasteiger partial charge in [0, 0.05) is 25.7 Å². The van der Waals surface area contributed by atoms with Crippen LogP contribution in [0.3, 0.4) is 0 Å². The molecule has 0 aromatic heterocycles. The third-order valence-corrected chi connectivity index (χ3v) is 2.46. The Morgan fingerprint density at radius 3 is 2.38 bits per heavy atom. The van der Waals surface area contributed by atoms with Gasteiger partial charge in [-0.2, -0.15) is 0 Å². The van der Waals surface area contributed by atoms with E-state index in [1.807, 2.05) is 13.0 Å². The molecule has 0 radical (unpaired) electrons. The lowest BCUT2D eigenvalue weighted by Crippen LogP contribution is -2.15. The van der Waals surface area contributed by atoms with E-state index in [-0.39, 0.29) is 0 Å². The molecule has 16 heavy (non-hydrogen) atoms. The molecule has 0 aromatic carbocycles. The van der Waals surface area contributed by atoms with Crippen LogP contribution in [-0.4, -0.2) is 18.5 Å². The van der Waals surface area contributed by atoms with E-state index in [9.17, 15) is 0 Å². The minimum absolute atomic E-state index is 0.867. The molecular formula is C15H23N. The largest absolute Gasteiger partial charge is 0.378 e. The van der Waals surface area contributed by atoms with Crippen LogP contribution in [0.1, 0.15) is 20.3 Å². The van der Waals surface area contributed by atoms with Crippen LogP contribution in [0.25, 0.3) is 0 Å². The highest BCUT2D eigenvalue weighted by Gasteiger charge is 1.96. The first-order valence-corrected chi connectivity index (χ1v) is 5.57. The Morgan fingerprint density at radius 1 is 1.31 bits per heavy atom. The zero-order chi connectivity index (χ0) is 12.6. The van der Waals surface area contributed by atoms with E-state index in [0.717, 1.165) is 29.8 Å². The number of rotatable bonds is 7. The summed E-state index contributed by atoms with van der Waals surface area (Å²) in [5.41, 5.74) is 3.28. The van der Waals surface area contributed by atoms with Gasteiger partial charge in [0.2, 0.25) is 0 Å². The van der Waals surface area contributed by atoms with Gasteiger partial charge in [-0.1, -0.05) is 49.6 Å². The van der Waals surface area contributed by atoms with Gasteiger partial charge in [-0.3, -0.25) is 0 Å². The quantitative estimate of drug-likeness (QED) is 0.581. The van der Waals surface area contributed by atoms with Gasteiger partial charge in [-0.25, -0.2) is 0 Å². The van der Waals surface area contributed by atoms with Gasteiger partial charge in [0.15, 0.2) is 0 Å². The molecule has 0 aliphatic rings. The Kier molecular flexibility index (Phi) is 7.02. The zero-order valence-corrected chi connectivity index (χ0v) is 10.8. The molecule has 0 fully saturated rings. The molecule has 0 spiro atoms. The summed E-state index contributed by atoms with van der Waals surface area (Å²) < 4.78 is 0. The predicted molar refractivity (Wildman–Crippen MR) is 74.3 cm³/mol. The van der Waals surface area contributed by atoms with E-state index in [2.05, 4.69) is 50.8 Å². The third kappa shape index (κ3) is 5.40. The second kappa shape index (κ2) is 7.75. The molecule has 0 aromatic rings. The number of hydrogen-bond donors (Lipinski definition) is 0. The SMILES string of the molecule is C=C/C=C(\C=C/CC(=C)N(C)CC)C(=C)C. The van der Waals surface area contributed by atoms with E-state index >= 15 is 0 Å². The Labute approximate surface area is 100 Å². The molecule has 0 amide bonds. The Balaban J connectivity index is 4.38. The van der Waals surface area contributed by atoms with Crippen molar-refractivity contribution < 1.29 is 0 Å². The molecule has 88 valence electrons. The average molecular weight is 217 g/mol. The first-order valence-electron chi connectivity index (χ1n) is 5.57. The summed E-state index contributed by atoms with van der Waals surface area (Å²) in [6, 6.07) is 0. The summed E-state index contributed by atoms with van der Waals surface area (Å²) in [6.07, 6.45) is 8.79. The molecule has 1 heteroatoms. The fourth-order valence-corrected chi connectivity index (χ4v) is 1.17. The molecule has 0 N–H and O–H groups in total. The van der Waals surface area contributed by atoms with Crippen molar-refractivity contribution in [3.8, 4) is 0 Å². The topological polar surface area (TPSA) is 3.24 Å². The molecule has 0 heterocycles. The molecule has 0 saturated carbocycles. The first-order chi connectivity index (χ1) is 7.52. The van der Waals surface area contributed by atoms with E-state index in [4.69, 9.17) is 0 Å². The van der Waals surface area contributed by atoms with Gasteiger partial charge in [-0.15, -0.1) is 0 Å². The van der Waals surface area contributed by atoms with Crippen LogP contribution in [0, 0.1) is 0 Å². The normalized spacial score (nSPS) is 11.6. The lowest BCUT2D eigenvalue weighted by atomic mass is 10.1. The minimum Gasteiger partial charge on any atom is -0.378 e. The second-order valence-corrected chi connectivity index (χ2v) is 3.82. The van der Waals surface area contributed by atoms with Crippen LogP contribution < -0.4 is 0 Å². The maximum absolute atomic E-state index is 4.03. The Morgan fingerprint density at radius 2 is 1.94 bits per heavy atom. The molecule has 0 rings (SSSR count).